The minimum atomic E-state index is -0.142. The van der Waals surface area contributed by atoms with Crippen molar-refractivity contribution in [2.24, 2.45) is 18.4 Å². The van der Waals surface area contributed by atoms with Crippen molar-refractivity contribution >= 4 is 17.5 Å². The predicted octanol–water partition coefficient (Wildman–Crippen LogP) is 4.22. The lowest BCUT2D eigenvalue weighted by molar-refractivity contribution is 0.0761. The van der Waals surface area contributed by atoms with E-state index in [0.29, 0.717) is 36.5 Å². The molecule has 0 saturated carbocycles. The normalized spacial score (nSPS) is 17.6. The van der Waals surface area contributed by atoms with Gasteiger partial charge in [0.25, 0.3) is 11.8 Å². The largest absolute Gasteiger partial charge is 0.457 e. The summed E-state index contributed by atoms with van der Waals surface area (Å²) in [6.07, 6.45) is 3.28. The number of aryl methyl sites for hydroxylation is 1. The number of hydrogen-bond donors (Lipinski definition) is 1. The second-order valence-electron chi connectivity index (χ2n) is 10.5. The molecule has 4 aromatic rings. The van der Waals surface area contributed by atoms with Gasteiger partial charge >= 0.3 is 0 Å². The quantitative estimate of drug-likeness (QED) is 0.394. The third-order valence-electron chi connectivity index (χ3n) is 7.79. The Morgan fingerprint density at radius 2 is 1.56 bits per heavy atom. The summed E-state index contributed by atoms with van der Waals surface area (Å²) in [4.78, 5) is 30.6. The second kappa shape index (κ2) is 10.3. The zero-order chi connectivity index (χ0) is 26.8. The Bertz CT molecular complexity index is 1450. The summed E-state index contributed by atoms with van der Waals surface area (Å²) in [6.45, 7) is 3.45. The van der Waals surface area contributed by atoms with E-state index in [2.05, 4.69) is 27.4 Å². The van der Waals surface area contributed by atoms with Gasteiger partial charge in [-0.25, -0.2) is 0 Å². The molecular formula is C31H31N5O3. The number of nitrogens with one attached hydrogen (secondary N) is 1. The first-order valence-corrected chi connectivity index (χ1v) is 13.2. The molecule has 0 aliphatic carbocycles. The molecule has 1 unspecified atom stereocenters. The summed E-state index contributed by atoms with van der Waals surface area (Å²) in [5, 5.41) is 7.20. The fourth-order valence-electron chi connectivity index (χ4n) is 5.69. The van der Waals surface area contributed by atoms with E-state index in [1.54, 1.807) is 24.1 Å². The molecule has 3 heterocycles. The Morgan fingerprint density at radius 3 is 2.23 bits per heavy atom. The van der Waals surface area contributed by atoms with Crippen LogP contribution in [0.5, 0.6) is 11.5 Å². The SMILES string of the molecule is Cn1cc(C(=O)NCC2CN(C(=O)c3ccc(Oc4ccccc4)cc3)CC23CN(c2ccccc2)C3)cn1. The van der Waals surface area contributed by atoms with E-state index >= 15 is 0 Å². The molecule has 2 amide bonds. The van der Waals surface area contributed by atoms with Crippen LogP contribution in [0.2, 0.25) is 0 Å². The molecular weight excluding hydrogens is 490 g/mol. The van der Waals surface area contributed by atoms with Crippen LogP contribution in [-0.2, 0) is 7.05 Å². The highest BCUT2D eigenvalue weighted by molar-refractivity contribution is 5.95. The van der Waals surface area contributed by atoms with E-state index in [0.717, 1.165) is 18.8 Å². The number of likely N-dealkylation sites (tertiary alicyclic amines) is 1. The average Bonchev–Trinajstić information content (AvgIpc) is 3.56. The van der Waals surface area contributed by atoms with Crippen molar-refractivity contribution in [3.8, 4) is 11.5 Å². The molecule has 198 valence electrons. The molecule has 6 rings (SSSR count). The maximum Gasteiger partial charge on any atom is 0.254 e. The molecule has 8 nitrogen and oxygen atoms in total. The molecule has 2 fully saturated rings. The number of aromatic nitrogens is 2. The van der Waals surface area contributed by atoms with Gasteiger partial charge < -0.3 is 19.9 Å². The van der Waals surface area contributed by atoms with Crippen LogP contribution in [0.4, 0.5) is 5.69 Å². The molecule has 2 saturated heterocycles. The fourth-order valence-corrected chi connectivity index (χ4v) is 5.69. The molecule has 3 aromatic carbocycles. The molecule has 0 bridgehead atoms. The van der Waals surface area contributed by atoms with Gasteiger partial charge in [-0.15, -0.1) is 0 Å². The van der Waals surface area contributed by atoms with Gasteiger partial charge in [-0.3, -0.25) is 14.3 Å². The summed E-state index contributed by atoms with van der Waals surface area (Å²) in [6, 6.07) is 27.2. The second-order valence-corrected chi connectivity index (χ2v) is 10.5. The minimum Gasteiger partial charge on any atom is -0.457 e. The van der Waals surface area contributed by atoms with Crippen molar-refractivity contribution in [1.82, 2.24) is 20.0 Å². The number of para-hydroxylation sites is 2. The number of benzene rings is 3. The Hall–Kier alpha value is -4.59. The number of nitrogens with zero attached hydrogens (tertiary/aromatic N) is 4. The summed E-state index contributed by atoms with van der Waals surface area (Å²) < 4.78 is 7.50. The third-order valence-corrected chi connectivity index (χ3v) is 7.79. The summed E-state index contributed by atoms with van der Waals surface area (Å²) in [5.74, 6) is 1.44. The van der Waals surface area contributed by atoms with Crippen LogP contribution < -0.4 is 15.0 Å². The molecule has 1 aromatic heterocycles. The number of carbonyl (C=O) groups is 2. The monoisotopic (exact) mass is 521 g/mol. The van der Waals surface area contributed by atoms with Crippen LogP contribution >= 0.6 is 0 Å². The molecule has 1 atom stereocenters. The topological polar surface area (TPSA) is 79.7 Å². The van der Waals surface area contributed by atoms with Gasteiger partial charge in [-0.05, 0) is 48.5 Å². The lowest BCUT2D eigenvalue weighted by Crippen LogP contribution is -2.62. The van der Waals surface area contributed by atoms with E-state index in [1.165, 1.54) is 5.69 Å². The van der Waals surface area contributed by atoms with Crippen molar-refractivity contribution < 1.29 is 14.3 Å². The molecule has 1 spiro atoms. The van der Waals surface area contributed by atoms with Gasteiger partial charge in [0, 0.05) is 68.6 Å². The van der Waals surface area contributed by atoms with Crippen LogP contribution in [0.1, 0.15) is 20.7 Å². The number of carbonyl (C=O) groups excluding carboxylic acids is 2. The van der Waals surface area contributed by atoms with Crippen molar-refractivity contribution in [2.75, 3.05) is 37.6 Å². The number of hydrogen-bond acceptors (Lipinski definition) is 5. The maximum absolute atomic E-state index is 13.6. The predicted molar refractivity (Wildman–Crippen MR) is 149 cm³/mol. The third kappa shape index (κ3) is 5.10. The first-order valence-electron chi connectivity index (χ1n) is 13.2. The Balaban J connectivity index is 1.15. The van der Waals surface area contributed by atoms with Crippen LogP contribution in [-0.4, -0.2) is 59.2 Å². The highest BCUT2D eigenvalue weighted by Gasteiger charge is 2.55. The van der Waals surface area contributed by atoms with Gasteiger partial charge in [0.2, 0.25) is 0 Å². The van der Waals surface area contributed by atoms with Crippen molar-refractivity contribution in [2.45, 2.75) is 0 Å². The zero-order valence-electron chi connectivity index (χ0n) is 21.9. The highest BCUT2D eigenvalue weighted by atomic mass is 16.5. The summed E-state index contributed by atoms with van der Waals surface area (Å²) in [5.41, 5.74) is 2.27. The zero-order valence-corrected chi connectivity index (χ0v) is 21.9. The van der Waals surface area contributed by atoms with Gasteiger partial charge in [-0.2, -0.15) is 5.10 Å². The minimum absolute atomic E-state index is 0.000108. The average molecular weight is 522 g/mol. The summed E-state index contributed by atoms with van der Waals surface area (Å²) >= 11 is 0. The van der Waals surface area contributed by atoms with Gasteiger partial charge in [-0.1, -0.05) is 36.4 Å². The van der Waals surface area contributed by atoms with Crippen LogP contribution in [0.25, 0.3) is 0 Å². The van der Waals surface area contributed by atoms with E-state index in [4.69, 9.17) is 4.74 Å². The highest BCUT2D eigenvalue weighted by Crippen LogP contribution is 2.45. The first-order chi connectivity index (χ1) is 19.0. The number of rotatable bonds is 7. The molecule has 8 heteroatoms. The molecule has 2 aliphatic heterocycles. The molecule has 39 heavy (non-hydrogen) atoms. The van der Waals surface area contributed by atoms with E-state index in [9.17, 15) is 9.59 Å². The van der Waals surface area contributed by atoms with Crippen molar-refractivity contribution in [1.29, 1.82) is 0 Å². The molecule has 0 radical (unpaired) electrons. The number of amides is 2. The lowest BCUT2D eigenvalue weighted by Gasteiger charge is -2.52. The smallest absolute Gasteiger partial charge is 0.254 e. The van der Waals surface area contributed by atoms with Crippen molar-refractivity contribution in [3.63, 3.8) is 0 Å². The standard InChI is InChI=1S/C31H31N5O3/c1-34-18-24(16-33-34)29(37)32-17-25-19-35(20-31(25)21-36(22-31)26-8-4-2-5-9-26)30(38)23-12-14-28(15-13-23)39-27-10-6-3-7-11-27/h2-16,18,25H,17,19-22H2,1H3,(H,32,37). The molecule has 2 aliphatic rings. The first kappa shape index (κ1) is 24.7. The van der Waals surface area contributed by atoms with Crippen LogP contribution in [0.3, 0.4) is 0 Å². The van der Waals surface area contributed by atoms with E-state index < -0.39 is 0 Å². The Morgan fingerprint density at radius 1 is 0.897 bits per heavy atom. The van der Waals surface area contributed by atoms with Crippen molar-refractivity contribution in [3.05, 3.63) is 108 Å². The van der Waals surface area contributed by atoms with E-state index in [-0.39, 0.29) is 23.1 Å². The maximum atomic E-state index is 13.6. The van der Waals surface area contributed by atoms with Crippen LogP contribution in [0, 0.1) is 11.3 Å². The van der Waals surface area contributed by atoms with E-state index in [1.807, 2.05) is 77.7 Å². The number of anilines is 1. The Kier molecular flexibility index (Phi) is 6.52. The van der Waals surface area contributed by atoms with Gasteiger partial charge in [0.1, 0.15) is 11.5 Å². The fraction of sp³-hybridized carbons (Fsp3) is 0.258. The van der Waals surface area contributed by atoms with Crippen LogP contribution in [0.15, 0.2) is 97.3 Å². The Labute approximate surface area is 227 Å². The van der Waals surface area contributed by atoms with Gasteiger partial charge in [0.05, 0.1) is 11.8 Å². The number of ether oxygens (including phenoxy) is 1. The lowest BCUT2D eigenvalue weighted by atomic mass is 9.71. The summed E-state index contributed by atoms with van der Waals surface area (Å²) in [7, 11) is 1.79. The van der Waals surface area contributed by atoms with Gasteiger partial charge in [0.15, 0.2) is 0 Å². The molecule has 1 N–H and O–H groups in total.